The van der Waals surface area contributed by atoms with Gasteiger partial charge in [-0.1, -0.05) is 0 Å². The quantitative estimate of drug-likeness (QED) is 0.512. The standard InChI is InChI=1S/C9H8ClNO/c10-8-5-9(8,6-12)7-1-3-11-4-2-7/h1-4,6,8H,5H2. The summed E-state index contributed by atoms with van der Waals surface area (Å²) in [4.78, 5) is 14.7. The molecule has 62 valence electrons. The number of carbonyl (C=O) groups excluding carboxylic acids is 1. The van der Waals surface area contributed by atoms with Crippen LogP contribution in [0.1, 0.15) is 12.0 Å². The molecule has 2 atom stereocenters. The summed E-state index contributed by atoms with van der Waals surface area (Å²) in [6.07, 6.45) is 5.06. The van der Waals surface area contributed by atoms with Crippen molar-refractivity contribution in [2.75, 3.05) is 0 Å². The second-order valence-corrected chi connectivity index (χ2v) is 3.59. The summed E-state index contributed by atoms with van der Waals surface area (Å²) in [5.74, 6) is 0. The molecule has 0 radical (unpaired) electrons. The van der Waals surface area contributed by atoms with Crippen LogP contribution in [0.2, 0.25) is 0 Å². The lowest BCUT2D eigenvalue weighted by Gasteiger charge is -2.05. The normalized spacial score (nSPS) is 32.9. The van der Waals surface area contributed by atoms with E-state index in [2.05, 4.69) is 4.98 Å². The van der Waals surface area contributed by atoms with Crippen LogP contribution in [0, 0.1) is 0 Å². The summed E-state index contributed by atoms with van der Waals surface area (Å²) in [7, 11) is 0. The van der Waals surface area contributed by atoms with Gasteiger partial charge < -0.3 is 4.79 Å². The van der Waals surface area contributed by atoms with Crippen molar-refractivity contribution in [1.82, 2.24) is 4.98 Å². The molecule has 1 aliphatic carbocycles. The summed E-state index contributed by atoms with van der Waals surface area (Å²) in [5, 5.41) is -0.0302. The lowest BCUT2D eigenvalue weighted by molar-refractivity contribution is -0.109. The zero-order valence-electron chi connectivity index (χ0n) is 6.40. The van der Waals surface area contributed by atoms with Crippen molar-refractivity contribution in [1.29, 1.82) is 0 Å². The summed E-state index contributed by atoms with van der Waals surface area (Å²) < 4.78 is 0. The van der Waals surface area contributed by atoms with Crippen LogP contribution >= 0.6 is 11.6 Å². The number of carbonyl (C=O) groups is 1. The van der Waals surface area contributed by atoms with Gasteiger partial charge in [-0.25, -0.2) is 0 Å². The largest absolute Gasteiger partial charge is 0.302 e. The fourth-order valence-electron chi connectivity index (χ4n) is 1.39. The van der Waals surface area contributed by atoms with Gasteiger partial charge in [-0.05, 0) is 24.1 Å². The molecule has 12 heavy (non-hydrogen) atoms. The molecular weight excluding hydrogens is 174 g/mol. The van der Waals surface area contributed by atoms with Crippen LogP contribution in [0.15, 0.2) is 24.5 Å². The summed E-state index contributed by atoms with van der Waals surface area (Å²) in [6, 6.07) is 3.69. The molecule has 2 unspecified atom stereocenters. The van der Waals surface area contributed by atoms with Gasteiger partial charge in [-0.15, -0.1) is 11.6 Å². The van der Waals surface area contributed by atoms with Gasteiger partial charge in [0.25, 0.3) is 0 Å². The topological polar surface area (TPSA) is 30.0 Å². The Morgan fingerprint density at radius 2 is 2.17 bits per heavy atom. The molecule has 0 saturated heterocycles. The van der Waals surface area contributed by atoms with E-state index >= 15 is 0 Å². The van der Waals surface area contributed by atoms with Gasteiger partial charge in [-0.3, -0.25) is 4.98 Å². The monoisotopic (exact) mass is 181 g/mol. The lowest BCUT2D eigenvalue weighted by Crippen LogP contribution is -2.11. The highest BCUT2D eigenvalue weighted by Crippen LogP contribution is 2.50. The molecule has 0 aromatic carbocycles. The average Bonchev–Trinajstić information content (AvgIpc) is 2.80. The van der Waals surface area contributed by atoms with E-state index in [-0.39, 0.29) is 5.38 Å². The van der Waals surface area contributed by atoms with Crippen molar-refractivity contribution in [2.45, 2.75) is 17.2 Å². The number of alkyl halides is 1. The minimum Gasteiger partial charge on any atom is -0.302 e. The number of halogens is 1. The average molecular weight is 182 g/mol. The van der Waals surface area contributed by atoms with Gasteiger partial charge in [-0.2, -0.15) is 0 Å². The molecule has 3 heteroatoms. The maximum atomic E-state index is 10.8. The number of nitrogens with zero attached hydrogens (tertiary/aromatic N) is 1. The van der Waals surface area contributed by atoms with Crippen molar-refractivity contribution in [3.05, 3.63) is 30.1 Å². The zero-order chi connectivity index (χ0) is 8.60. The molecule has 2 rings (SSSR count). The molecule has 0 bridgehead atoms. The predicted octanol–water partition coefficient (Wildman–Crippen LogP) is 1.53. The van der Waals surface area contributed by atoms with E-state index in [4.69, 9.17) is 11.6 Å². The smallest absolute Gasteiger partial charge is 0.132 e. The van der Waals surface area contributed by atoms with Gasteiger partial charge in [0.05, 0.1) is 10.8 Å². The van der Waals surface area contributed by atoms with Crippen LogP contribution in [0.4, 0.5) is 0 Å². The van der Waals surface area contributed by atoms with Crippen molar-refractivity contribution in [2.24, 2.45) is 0 Å². The van der Waals surface area contributed by atoms with E-state index in [1.165, 1.54) is 0 Å². The Balaban J connectivity index is 2.37. The first kappa shape index (κ1) is 7.74. The molecule has 1 heterocycles. The van der Waals surface area contributed by atoms with Crippen molar-refractivity contribution < 1.29 is 4.79 Å². The Morgan fingerprint density at radius 1 is 1.58 bits per heavy atom. The summed E-state index contributed by atoms with van der Waals surface area (Å²) in [5.41, 5.74) is 0.567. The van der Waals surface area contributed by atoms with Crippen molar-refractivity contribution >= 4 is 17.9 Å². The van der Waals surface area contributed by atoms with Crippen molar-refractivity contribution in [3.8, 4) is 0 Å². The molecule has 0 amide bonds. The van der Waals surface area contributed by atoms with Crippen molar-refractivity contribution in [3.63, 3.8) is 0 Å². The molecule has 0 N–H and O–H groups in total. The first-order valence-corrected chi connectivity index (χ1v) is 4.24. The third-order valence-electron chi connectivity index (χ3n) is 2.34. The van der Waals surface area contributed by atoms with E-state index in [1.807, 2.05) is 12.1 Å². The summed E-state index contributed by atoms with van der Waals surface area (Å²) in [6.45, 7) is 0. The zero-order valence-corrected chi connectivity index (χ0v) is 7.16. The third-order valence-corrected chi connectivity index (χ3v) is 2.89. The highest BCUT2D eigenvalue weighted by molar-refractivity contribution is 6.26. The maximum Gasteiger partial charge on any atom is 0.132 e. The van der Waals surface area contributed by atoms with Crippen LogP contribution < -0.4 is 0 Å². The number of aromatic nitrogens is 1. The van der Waals surface area contributed by atoms with E-state index in [0.717, 1.165) is 18.3 Å². The first-order chi connectivity index (χ1) is 5.79. The minimum absolute atomic E-state index is 0.0302. The van der Waals surface area contributed by atoms with Crippen LogP contribution in [0.25, 0.3) is 0 Å². The predicted molar refractivity (Wildman–Crippen MR) is 46.2 cm³/mol. The minimum atomic E-state index is -0.412. The Morgan fingerprint density at radius 3 is 2.58 bits per heavy atom. The van der Waals surface area contributed by atoms with E-state index in [1.54, 1.807) is 12.4 Å². The maximum absolute atomic E-state index is 10.8. The van der Waals surface area contributed by atoms with Gasteiger partial charge in [0.2, 0.25) is 0 Å². The molecule has 1 aromatic heterocycles. The van der Waals surface area contributed by atoms with Crippen LogP contribution in [0.5, 0.6) is 0 Å². The van der Waals surface area contributed by atoms with Gasteiger partial charge in [0.15, 0.2) is 0 Å². The highest BCUT2D eigenvalue weighted by atomic mass is 35.5. The molecule has 1 aromatic rings. The molecule has 0 aliphatic heterocycles. The fourth-order valence-corrected chi connectivity index (χ4v) is 1.82. The molecular formula is C9H8ClNO. The SMILES string of the molecule is O=CC1(c2ccncc2)CC1Cl. The Kier molecular flexibility index (Phi) is 1.65. The molecule has 1 saturated carbocycles. The second kappa shape index (κ2) is 2.56. The Labute approximate surface area is 75.6 Å². The lowest BCUT2D eigenvalue weighted by atomic mass is 9.99. The van der Waals surface area contributed by atoms with Gasteiger partial charge in [0.1, 0.15) is 6.29 Å². The number of hydrogen-bond donors (Lipinski definition) is 0. The van der Waals surface area contributed by atoms with Gasteiger partial charge >= 0.3 is 0 Å². The van der Waals surface area contributed by atoms with Gasteiger partial charge in [0, 0.05) is 12.4 Å². The van der Waals surface area contributed by atoms with Crippen LogP contribution in [0.3, 0.4) is 0 Å². The van der Waals surface area contributed by atoms with Crippen LogP contribution in [-0.2, 0) is 10.2 Å². The molecule has 2 nitrogen and oxygen atoms in total. The first-order valence-electron chi connectivity index (χ1n) is 3.80. The molecule has 1 fully saturated rings. The fraction of sp³-hybridized carbons (Fsp3) is 0.333. The number of hydrogen-bond acceptors (Lipinski definition) is 2. The molecule has 1 aliphatic rings. The van der Waals surface area contributed by atoms with E-state index in [0.29, 0.717) is 0 Å². The number of aldehydes is 1. The number of rotatable bonds is 2. The van der Waals surface area contributed by atoms with Crippen LogP contribution in [-0.4, -0.2) is 16.6 Å². The van der Waals surface area contributed by atoms with E-state index < -0.39 is 5.41 Å². The molecule has 0 spiro atoms. The second-order valence-electron chi connectivity index (χ2n) is 3.07. The third kappa shape index (κ3) is 0.950. The summed E-state index contributed by atoms with van der Waals surface area (Å²) >= 11 is 5.89. The highest BCUT2D eigenvalue weighted by Gasteiger charge is 2.54. The Hall–Kier alpha value is -0.890. The number of pyridine rings is 1. The Bertz CT molecular complexity index is 301. The van der Waals surface area contributed by atoms with E-state index in [9.17, 15) is 4.79 Å².